The lowest BCUT2D eigenvalue weighted by molar-refractivity contribution is -0.383. The zero-order chi connectivity index (χ0) is 22.4. The molecule has 1 amide bonds. The number of ether oxygens (including phenoxy) is 1. The fourth-order valence-corrected chi connectivity index (χ4v) is 2.30. The third-order valence-electron chi connectivity index (χ3n) is 3.59. The van der Waals surface area contributed by atoms with Gasteiger partial charge < -0.3 is 10.1 Å². The Hall–Kier alpha value is -4.49. The number of halogens is 3. The predicted molar refractivity (Wildman–Crippen MR) is 100 cm³/mol. The number of rotatable bonds is 7. The van der Waals surface area contributed by atoms with Crippen LogP contribution in [0.15, 0.2) is 55.1 Å². The van der Waals surface area contributed by atoms with Gasteiger partial charge >= 0.3 is 12.0 Å². The normalized spacial score (nSPS) is 10.8. The molecule has 3 N–H and O–H groups in total. The number of benzene rings is 1. The molecule has 0 aliphatic rings. The van der Waals surface area contributed by atoms with Gasteiger partial charge in [-0.1, -0.05) is 0 Å². The summed E-state index contributed by atoms with van der Waals surface area (Å²) in [5.74, 6) is -1.63. The zero-order valence-corrected chi connectivity index (χ0v) is 15.3. The van der Waals surface area contributed by atoms with Crippen LogP contribution < -0.4 is 20.9 Å². The number of nitrogens with one attached hydrogen (secondary N) is 3. The maximum Gasteiger partial charge on any atom is 0.573 e. The molecule has 2 aromatic heterocycles. The number of nitro groups is 1. The Morgan fingerprint density at radius 2 is 1.68 bits per heavy atom. The van der Waals surface area contributed by atoms with E-state index < -0.39 is 28.6 Å². The monoisotopic (exact) mass is 435 g/mol. The van der Waals surface area contributed by atoms with Gasteiger partial charge in [-0.2, -0.15) is 0 Å². The van der Waals surface area contributed by atoms with Crippen molar-refractivity contribution in [3.63, 3.8) is 0 Å². The van der Waals surface area contributed by atoms with Crippen molar-refractivity contribution in [2.24, 2.45) is 0 Å². The van der Waals surface area contributed by atoms with Gasteiger partial charge in [0.1, 0.15) is 12.1 Å². The maximum absolute atomic E-state index is 12.2. The van der Waals surface area contributed by atoms with E-state index in [4.69, 9.17) is 0 Å². The molecule has 3 aromatic rings. The van der Waals surface area contributed by atoms with Crippen molar-refractivity contribution in [1.82, 2.24) is 20.4 Å². The van der Waals surface area contributed by atoms with Crippen molar-refractivity contribution >= 4 is 28.9 Å². The van der Waals surface area contributed by atoms with Crippen LogP contribution in [0.25, 0.3) is 0 Å². The summed E-state index contributed by atoms with van der Waals surface area (Å²) in [6.07, 6.45) is -1.05. The highest BCUT2D eigenvalue weighted by atomic mass is 19.4. The Kier molecular flexibility index (Phi) is 6.09. The minimum atomic E-state index is -4.85. The van der Waals surface area contributed by atoms with E-state index in [1.54, 1.807) is 0 Å². The average molecular weight is 435 g/mol. The van der Waals surface area contributed by atoms with E-state index in [0.717, 1.165) is 18.5 Å². The smallest absolute Gasteiger partial charge is 0.406 e. The van der Waals surface area contributed by atoms with Crippen molar-refractivity contribution in [1.29, 1.82) is 0 Å². The number of carbonyl (C=O) groups is 1. The van der Waals surface area contributed by atoms with Gasteiger partial charge in [-0.3, -0.25) is 30.7 Å². The largest absolute Gasteiger partial charge is 0.573 e. The lowest BCUT2D eigenvalue weighted by atomic mass is 10.2. The average Bonchev–Trinajstić information content (AvgIpc) is 2.73. The van der Waals surface area contributed by atoms with E-state index in [0.29, 0.717) is 0 Å². The molecule has 0 saturated carbocycles. The minimum absolute atomic E-state index is 0.197. The van der Waals surface area contributed by atoms with Crippen molar-refractivity contribution in [2.45, 2.75) is 6.36 Å². The second-order valence-electron chi connectivity index (χ2n) is 5.69. The molecule has 0 aliphatic carbocycles. The maximum atomic E-state index is 12.2. The van der Waals surface area contributed by atoms with E-state index >= 15 is 0 Å². The molecule has 0 fully saturated rings. The lowest BCUT2D eigenvalue weighted by Gasteiger charge is -2.12. The molecular formula is C17H12F3N7O4. The molecule has 1 aromatic carbocycles. The third-order valence-corrected chi connectivity index (χ3v) is 3.59. The number of amides is 1. The highest BCUT2D eigenvalue weighted by molar-refractivity contribution is 5.94. The molecule has 0 spiro atoms. The first-order valence-corrected chi connectivity index (χ1v) is 8.31. The summed E-state index contributed by atoms with van der Waals surface area (Å²) < 4.78 is 40.5. The second kappa shape index (κ2) is 8.89. The summed E-state index contributed by atoms with van der Waals surface area (Å²) in [7, 11) is 0. The van der Waals surface area contributed by atoms with Crippen LogP contribution in [0.5, 0.6) is 5.75 Å². The topological polar surface area (TPSA) is 144 Å². The molecule has 160 valence electrons. The highest BCUT2D eigenvalue weighted by Gasteiger charge is 2.31. The number of hydrogen-bond donors (Lipinski definition) is 3. The van der Waals surface area contributed by atoms with Crippen LogP contribution >= 0.6 is 0 Å². The first kappa shape index (κ1) is 21.2. The minimum Gasteiger partial charge on any atom is -0.406 e. The summed E-state index contributed by atoms with van der Waals surface area (Å²) in [6.45, 7) is 0. The first-order chi connectivity index (χ1) is 14.7. The van der Waals surface area contributed by atoms with Gasteiger partial charge in [-0.25, -0.2) is 9.97 Å². The molecule has 14 heteroatoms. The quantitative estimate of drug-likeness (QED) is 0.376. The lowest BCUT2D eigenvalue weighted by Crippen LogP contribution is -2.30. The Morgan fingerprint density at radius 3 is 2.29 bits per heavy atom. The Balaban J connectivity index is 1.77. The van der Waals surface area contributed by atoms with Crippen molar-refractivity contribution in [3.8, 4) is 5.75 Å². The van der Waals surface area contributed by atoms with E-state index in [1.807, 2.05) is 0 Å². The molecule has 0 aliphatic heterocycles. The standard InChI is InChI=1S/C17H12F3N7O4/c18-17(19,20)31-12-3-1-11(2-4-12)24-14-13(27(29)30)15(23-9-22-14)25-26-16(28)10-5-7-21-8-6-10/h1-9H,(H,26,28)(H2,22,23,24,25). The van der Waals surface area contributed by atoms with Crippen LogP contribution in [-0.4, -0.2) is 32.1 Å². The number of hydrogen-bond acceptors (Lipinski definition) is 9. The van der Waals surface area contributed by atoms with Crippen molar-refractivity contribution in [3.05, 3.63) is 70.8 Å². The number of alkyl halides is 3. The third kappa shape index (κ3) is 5.75. The zero-order valence-electron chi connectivity index (χ0n) is 15.3. The Labute approximate surface area is 171 Å². The van der Waals surface area contributed by atoms with Gasteiger partial charge in [0.05, 0.1) is 4.92 Å². The molecule has 3 rings (SSSR count). The van der Waals surface area contributed by atoms with E-state index in [1.165, 1.54) is 36.7 Å². The van der Waals surface area contributed by atoms with Crippen molar-refractivity contribution in [2.75, 3.05) is 10.7 Å². The number of carbonyl (C=O) groups excluding carboxylic acids is 1. The van der Waals surface area contributed by atoms with E-state index in [9.17, 15) is 28.1 Å². The van der Waals surface area contributed by atoms with E-state index in [-0.39, 0.29) is 22.9 Å². The van der Waals surface area contributed by atoms with Crippen LogP contribution in [0.1, 0.15) is 10.4 Å². The Bertz CT molecular complexity index is 1080. The fraction of sp³-hybridized carbons (Fsp3) is 0.0588. The molecule has 0 bridgehead atoms. The molecule has 11 nitrogen and oxygen atoms in total. The Morgan fingerprint density at radius 1 is 1.03 bits per heavy atom. The van der Waals surface area contributed by atoms with Crippen LogP contribution in [0.3, 0.4) is 0 Å². The van der Waals surface area contributed by atoms with Crippen LogP contribution in [-0.2, 0) is 0 Å². The molecule has 0 atom stereocenters. The van der Waals surface area contributed by atoms with Gasteiger partial charge in [0.2, 0.25) is 11.6 Å². The van der Waals surface area contributed by atoms with Gasteiger partial charge in [0.15, 0.2) is 0 Å². The van der Waals surface area contributed by atoms with Crippen LogP contribution in [0.2, 0.25) is 0 Å². The van der Waals surface area contributed by atoms with Gasteiger partial charge in [-0.05, 0) is 36.4 Å². The number of hydrazine groups is 1. The highest BCUT2D eigenvalue weighted by Crippen LogP contribution is 2.31. The van der Waals surface area contributed by atoms with Crippen LogP contribution in [0.4, 0.5) is 36.2 Å². The summed E-state index contributed by atoms with van der Waals surface area (Å²) in [4.78, 5) is 34.1. The van der Waals surface area contributed by atoms with Gasteiger partial charge in [0, 0.05) is 23.6 Å². The number of pyridine rings is 1. The molecule has 0 saturated heterocycles. The molecule has 0 radical (unpaired) electrons. The summed E-state index contributed by atoms with van der Waals surface area (Å²) in [5.41, 5.74) is 4.47. The van der Waals surface area contributed by atoms with E-state index in [2.05, 4.69) is 35.9 Å². The first-order valence-electron chi connectivity index (χ1n) is 8.31. The van der Waals surface area contributed by atoms with Gasteiger partial charge in [0.25, 0.3) is 5.91 Å². The summed E-state index contributed by atoms with van der Waals surface area (Å²) in [6, 6.07) is 7.35. The molecule has 0 unspecified atom stereocenters. The fourth-order valence-electron chi connectivity index (χ4n) is 2.30. The number of anilines is 3. The second-order valence-corrected chi connectivity index (χ2v) is 5.69. The van der Waals surface area contributed by atoms with Crippen LogP contribution in [0, 0.1) is 10.1 Å². The number of aromatic nitrogens is 3. The predicted octanol–water partition coefficient (Wildman–Crippen LogP) is 3.18. The van der Waals surface area contributed by atoms with Crippen molar-refractivity contribution < 1.29 is 27.6 Å². The summed E-state index contributed by atoms with van der Waals surface area (Å²) >= 11 is 0. The molecule has 31 heavy (non-hydrogen) atoms. The summed E-state index contributed by atoms with van der Waals surface area (Å²) in [5, 5.41) is 14.2. The molecular weight excluding hydrogens is 423 g/mol. The molecule has 2 heterocycles. The van der Waals surface area contributed by atoms with Gasteiger partial charge in [-0.15, -0.1) is 13.2 Å². The number of nitrogens with zero attached hydrogens (tertiary/aromatic N) is 4. The SMILES string of the molecule is O=C(NNc1ncnc(Nc2ccc(OC(F)(F)F)cc2)c1[N+](=O)[O-])c1ccncc1.